The topological polar surface area (TPSA) is 113 Å². The zero-order chi connectivity index (χ0) is 34.7. The third kappa shape index (κ3) is 8.60. The molecule has 2 aromatic rings. The van der Waals surface area contributed by atoms with E-state index in [2.05, 4.69) is 21.2 Å². The lowest BCUT2D eigenvalue weighted by Gasteiger charge is -2.41. The highest BCUT2D eigenvalue weighted by Crippen LogP contribution is 2.35. The van der Waals surface area contributed by atoms with Gasteiger partial charge in [0, 0.05) is 55.3 Å². The van der Waals surface area contributed by atoms with E-state index in [1.807, 2.05) is 62.9 Å². The molecular weight excluding hydrogens is 710 g/mol. The molecule has 2 N–H and O–H groups in total. The lowest BCUT2D eigenvalue weighted by atomic mass is 9.78. The maximum atomic E-state index is 14.2. The predicted molar refractivity (Wildman–Crippen MR) is 192 cm³/mol. The van der Waals surface area contributed by atoms with Crippen molar-refractivity contribution < 1.29 is 24.3 Å². The highest BCUT2D eigenvalue weighted by molar-refractivity contribution is 9.10. The maximum absolute atomic E-state index is 14.2. The van der Waals surface area contributed by atoms with Gasteiger partial charge in [-0.15, -0.1) is 0 Å². The van der Waals surface area contributed by atoms with Gasteiger partial charge in [0.15, 0.2) is 0 Å². The molecule has 1 unspecified atom stereocenters. The first-order chi connectivity index (χ1) is 23.5. The number of urea groups is 1. The Labute approximate surface area is 302 Å². The summed E-state index contributed by atoms with van der Waals surface area (Å²) in [6, 6.07) is 11.7. The highest BCUT2D eigenvalue weighted by atomic mass is 79.9. The van der Waals surface area contributed by atoms with E-state index >= 15 is 0 Å². The molecule has 3 saturated heterocycles. The number of hydrogen-bond acceptors (Lipinski definition) is 5. The first-order valence-electron chi connectivity index (χ1n) is 17.7. The molecule has 10 nitrogen and oxygen atoms in total. The Morgan fingerprint density at radius 3 is 2.22 bits per heavy atom. The minimum absolute atomic E-state index is 0.0202. The van der Waals surface area contributed by atoms with E-state index < -0.39 is 11.9 Å². The number of carboxylic acids is 1. The molecule has 4 heterocycles. The van der Waals surface area contributed by atoms with Crippen LogP contribution >= 0.6 is 27.5 Å². The molecule has 0 spiro atoms. The Morgan fingerprint density at radius 1 is 0.939 bits per heavy atom. The molecule has 2 aromatic carbocycles. The van der Waals surface area contributed by atoms with E-state index in [-0.39, 0.29) is 36.9 Å². The van der Waals surface area contributed by atoms with Crippen LogP contribution in [0, 0.1) is 24.7 Å². The number of piperidine rings is 3. The summed E-state index contributed by atoms with van der Waals surface area (Å²) in [6.45, 7) is 6.72. The van der Waals surface area contributed by atoms with Crippen molar-refractivity contribution in [3.63, 3.8) is 0 Å². The average molecular weight is 757 g/mol. The summed E-state index contributed by atoms with van der Waals surface area (Å²) in [7, 11) is 0. The fourth-order valence-electron chi connectivity index (χ4n) is 8.35. The number of carbonyl (C=O) groups is 4. The molecule has 0 aliphatic carbocycles. The lowest BCUT2D eigenvalue weighted by molar-refractivity contribution is -0.143. The molecule has 0 radical (unpaired) electrons. The lowest BCUT2D eigenvalue weighted by Crippen LogP contribution is -2.51. The first kappa shape index (κ1) is 35.7. The zero-order valence-corrected chi connectivity index (χ0v) is 30.6. The van der Waals surface area contributed by atoms with Gasteiger partial charge in [0.1, 0.15) is 0 Å². The molecule has 264 valence electrons. The number of benzene rings is 2. The Kier molecular flexibility index (Phi) is 11.5. The summed E-state index contributed by atoms with van der Waals surface area (Å²) in [5.41, 5.74) is 3.88. The molecular formula is C37H47BrClN5O5. The number of anilines is 1. The van der Waals surface area contributed by atoms with Crippen molar-refractivity contribution in [2.24, 2.45) is 17.8 Å². The summed E-state index contributed by atoms with van der Waals surface area (Å²) in [5.74, 6) is -0.183. The monoisotopic (exact) mass is 755 g/mol. The van der Waals surface area contributed by atoms with Crippen LogP contribution in [0.2, 0.25) is 5.02 Å². The van der Waals surface area contributed by atoms with Gasteiger partial charge in [0.2, 0.25) is 11.8 Å². The number of likely N-dealkylation sites (tertiary alicyclic amines) is 3. The Morgan fingerprint density at radius 2 is 1.57 bits per heavy atom. The van der Waals surface area contributed by atoms with Crippen LogP contribution in [0.1, 0.15) is 61.6 Å². The number of amides is 4. The minimum atomic E-state index is -0.777. The molecule has 6 rings (SSSR count). The number of carbonyl (C=O) groups excluding carboxylic acids is 3. The second-order valence-electron chi connectivity index (χ2n) is 14.3. The molecule has 3 fully saturated rings. The van der Waals surface area contributed by atoms with Crippen LogP contribution in [-0.2, 0) is 27.3 Å². The van der Waals surface area contributed by atoms with Crippen molar-refractivity contribution in [3.05, 3.63) is 62.6 Å². The molecule has 4 aliphatic rings. The maximum Gasteiger partial charge on any atom is 0.322 e. The Balaban J connectivity index is 1.07. The minimum Gasteiger partial charge on any atom is -0.480 e. The second kappa shape index (κ2) is 15.8. The molecule has 0 bridgehead atoms. The second-order valence-corrected chi connectivity index (χ2v) is 15.5. The van der Waals surface area contributed by atoms with Crippen LogP contribution in [0.5, 0.6) is 0 Å². The number of carboxylic acid groups (broad SMARTS) is 1. The number of para-hydroxylation sites is 1. The molecule has 4 amide bonds. The highest BCUT2D eigenvalue weighted by Gasteiger charge is 2.36. The molecule has 0 saturated carbocycles. The van der Waals surface area contributed by atoms with Gasteiger partial charge in [-0.3, -0.25) is 19.3 Å². The number of hydrogen-bond donors (Lipinski definition) is 2. The predicted octanol–water partition coefficient (Wildman–Crippen LogP) is 6.03. The van der Waals surface area contributed by atoms with Crippen molar-refractivity contribution in [2.75, 3.05) is 51.1 Å². The normalized spacial score (nSPS) is 20.6. The summed E-state index contributed by atoms with van der Waals surface area (Å²) < 4.78 is 0.835. The molecule has 1 atom stereocenters. The molecule has 4 aliphatic heterocycles. The fourth-order valence-corrected chi connectivity index (χ4v) is 8.87. The van der Waals surface area contributed by atoms with E-state index in [0.717, 1.165) is 65.6 Å². The van der Waals surface area contributed by atoms with Gasteiger partial charge in [-0.05, 0) is 122 Å². The van der Waals surface area contributed by atoms with Crippen molar-refractivity contribution in [3.8, 4) is 0 Å². The van der Waals surface area contributed by atoms with Crippen molar-refractivity contribution in [2.45, 2.75) is 70.9 Å². The number of aryl methyl sites for hydroxylation is 1. The quantitative estimate of drug-likeness (QED) is 0.323. The van der Waals surface area contributed by atoms with Gasteiger partial charge in [0.25, 0.3) is 0 Å². The number of nitrogens with one attached hydrogen (secondary N) is 1. The first-order valence-corrected chi connectivity index (χ1v) is 18.8. The van der Waals surface area contributed by atoms with Gasteiger partial charge in [0.05, 0.1) is 17.5 Å². The van der Waals surface area contributed by atoms with Crippen LogP contribution in [0.3, 0.4) is 0 Å². The Bertz CT molecular complexity index is 1530. The zero-order valence-electron chi connectivity index (χ0n) is 28.2. The van der Waals surface area contributed by atoms with Gasteiger partial charge >= 0.3 is 12.0 Å². The van der Waals surface area contributed by atoms with Crippen LogP contribution < -0.4 is 5.32 Å². The van der Waals surface area contributed by atoms with E-state index in [9.17, 15) is 19.2 Å². The smallest absolute Gasteiger partial charge is 0.322 e. The summed E-state index contributed by atoms with van der Waals surface area (Å²) in [4.78, 5) is 59.8. The van der Waals surface area contributed by atoms with Crippen LogP contribution in [0.4, 0.5) is 10.5 Å². The van der Waals surface area contributed by atoms with Gasteiger partial charge in [-0.25, -0.2) is 4.79 Å². The number of rotatable bonds is 9. The van der Waals surface area contributed by atoms with Gasteiger partial charge < -0.3 is 25.1 Å². The van der Waals surface area contributed by atoms with Gasteiger partial charge in [-0.1, -0.05) is 35.9 Å². The average Bonchev–Trinajstić information content (AvgIpc) is 3.10. The van der Waals surface area contributed by atoms with E-state index in [0.29, 0.717) is 68.8 Å². The number of fused-ring (bicyclic) bond motifs is 1. The number of halogens is 2. The summed E-state index contributed by atoms with van der Waals surface area (Å²) in [5, 5.41) is 12.7. The molecule has 49 heavy (non-hydrogen) atoms. The van der Waals surface area contributed by atoms with E-state index in [1.165, 1.54) is 0 Å². The van der Waals surface area contributed by atoms with Crippen molar-refractivity contribution >= 4 is 57.0 Å². The van der Waals surface area contributed by atoms with Crippen LogP contribution in [-0.4, -0.2) is 100 Å². The summed E-state index contributed by atoms with van der Waals surface area (Å²) in [6.07, 6.45) is 5.83. The van der Waals surface area contributed by atoms with Crippen molar-refractivity contribution in [1.82, 2.24) is 19.6 Å². The number of nitrogens with zero attached hydrogens (tertiary/aromatic N) is 4. The van der Waals surface area contributed by atoms with Crippen molar-refractivity contribution in [1.29, 1.82) is 0 Å². The fraction of sp³-hybridized carbons (Fsp3) is 0.568. The number of aliphatic carboxylic acids is 1. The Hall–Kier alpha value is -3.15. The molecule has 0 aromatic heterocycles. The van der Waals surface area contributed by atoms with Crippen LogP contribution in [0.15, 0.2) is 40.9 Å². The van der Waals surface area contributed by atoms with Gasteiger partial charge in [-0.2, -0.15) is 0 Å². The summed E-state index contributed by atoms with van der Waals surface area (Å²) >= 11 is 10.1. The van der Waals surface area contributed by atoms with E-state index in [1.54, 1.807) is 0 Å². The van der Waals surface area contributed by atoms with E-state index in [4.69, 9.17) is 16.7 Å². The third-order valence-corrected chi connectivity index (χ3v) is 12.7. The third-order valence-electron chi connectivity index (χ3n) is 11.1. The standard InChI is InChI=1S/C37H47BrClN5O5/c1-24-18-25(20-31(39)35(24)38)19-29(36(48)43-14-8-27(9-15-43)26-6-12-41(13-7-26)23-34(46)47)21-33(45)42-16-10-30(11-17-42)44-22-28-4-2-3-5-32(28)40-37(44)49/h2-5,18,20,26-27,29-30H,6-17,19,21-23H2,1H3,(H,40,49)(H,46,47). The van der Waals surface area contributed by atoms with Crippen LogP contribution in [0.25, 0.3) is 0 Å². The SMILES string of the molecule is Cc1cc(CC(CC(=O)N2CCC(N3Cc4ccccc4NC3=O)CC2)C(=O)N2CCC(C3CCN(CC(=O)O)CC3)CC2)cc(Cl)c1Br. The largest absolute Gasteiger partial charge is 0.480 e. The molecule has 12 heteroatoms.